The predicted molar refractivity (Wildman–Crippen MR) is 118 cm³/mol. The standard InChI is InChI=1S/C22H27N3O6S/c1-4-23-22(28)24-20(26)19(16-11-8-7-9-12-16)31-21(27)17-13-10-14-18(15-17)32(29,30)25(5-2)6-3/h7-15,19H,4-6H2,1-3H3,(H2,23,24,26,28). The highest BCUT2D eigenvalue weighted by atomic mass is 32.2. The number of imide groups is 1. The second kappa shape index (κ2) is 11.4. The first-order valence-corrected chi connectivity index (χ1v) is 11.6. The summed E-state index contributed by atoms with van der Waals surface area (Å²) < 4.78 is 32.2. The zero-order valence-electron chi connectivity index (χ0n) is 18.2. The third-order valence-corrected chi connectivity index (χ3v) is 6.60. The van der Waals surface area contributed by atoms with Crippen molar-refractivity contribution in [3.8, 4) is 0 Å². The van der Waals surface area contributed by atoms with Gasteiger partial charge in [0.25, 0.3) is 5.91 Å². The molecular weight excluding hydrogens is 434 g/mol. The first-order valence-electron chi connectivity index (χ1n) is 10.2. The lowest BCUT2D eigenvalue weighted by molar-refractivity contribution is -0.129. The van der Waals surface area contributed by atoms with Gasteiger partial charge in [0, 0.05) is 25.2 Å². The lowest BCUT2D eigenvalue weighted by Crippen LogP contribution is -2.42. The second-order valence-electron chi connectivity index (χ2n) is 6.66. The van der Waals surface area contributed by atoms with Crippen LogP contribution in [0.4, 0.5) is 4.79 Å². The number of esters is 1. The molecule has 0 aromatic heterocycles. The molecule has 2 aromatic rings. The van der Waals surface area contributed by atoms with E-state index in [2.05, 4.69) is 10.6 Å². The second-order valence-corrected chi connectivity index (χ2v) is 8.60. The van der Waals surface area contributed by atoms with Gasteiger partial charge in [-0.05, 0) is 25.1 Å². The summed E-state index contributed by atoms with van der Waals surface area (Å²) in [5.74, 6) is -1.73. The van der Waals surface area contributed by atoms with Crippen molar-refractivity contribution in [2.45, 2.75) is 31.8 Å². The number of carbonyl (C=O) groups is 3. The topological polar surface area (TPSA) is 122 Å². The number of ether oxygens (including phenoxy) is 1. The maximum Gasteiger partial charge on any atom is 0.339 e. The van der Waals surface area contributed by atoms with Gasteiger partial charge in [-0.3, -0.25) is 10.1 Å². The van der Waals surface area contributed by atoms with Crippen molar-refractivity contribution in [2.24, 2.45) is 0 Å². The highest BCUT2D eigenvalue weighted by Crippen LogP contribution is 2.22. The van der Waals surface area contributed by atoms with Crippen molar-refractivity contribution in [1.29, 1.82) is 0 Å². The Hall–Kier alpha value is -3.24. The van der Waals surface area contributed by atoms with Gasteiger partial charge >= 0.3 is 12.0 Å². The molecule has 2 aromatic carbocycles. The third-order valence-electron chi connectivity index (χ3n) is 4.55. The van der Waals surface area contributed by atoms with Crippen molar-refractivity contribution >= 4 is 27.9 Å². The van der Waals surface area contributed by atoms with Crippen molar-refractivity contribution in [3.63, 3.8) is 0 Å². The van der Waals surface area contributed by atoms with Gasteiger partial charge < -0.3 is 10.1 Å². The fraction of sp³-hybridized carbons (Fsp3) is 0.318. The van der Waals surface area contributed by atoms with E-state index < -0.39 is 34.0 Å². The zero-order valence-corrected chi connectivity index (χ0v) is 19.0. The Bertz CT molecular complexity index is 1050. The molecule has 0 aliphatic carbocycles. The first kappa shape index (κ1) is 25.0. The van der Waals surface area contributed by atoms with Gasteiger partial charge in [-0.25, -0.2) is 18.0 Å². The zero-order chi connectivity index (χ0) is 23.7. The number of nitrogens with zero attached hydrogens (tertiary/aromatic N) is 1. The molecule has 3 amide bonds. The number of nitrogens with one attached hydrogen (secondary N) is 2. The fourth-order valence-electron chi connectivity index (χ4n) is 2.95. The van der Waals surface area contributed by atoms with Gasteiger partial charge in [-0.15, -0.1) is 0 Å². The average molecular weight is 462 g/mol. The van der Waals surface area contributed by atoms with Crippen LogP contribution in [0.15, 0.2) is 59.5 Å². The fourth-order valence-corrected chi connectivity index (χ4v) is 4.46. The highest BCUT2D eigenvalue weighted by molar-refractivity contribution is 7.89. The van der Waals surface area contributed by atoms with E-state index >= 15 is 0 Å². The molecule has 0 heterocycles. The van der Waals surface area contributed by atoms with Gasteiger partial charge in [0.05, 0.1) is 10.5 Å². The van der Waals surface area contributed by atoms with Crippen LogP contribution in [0.25, 0.3) is 0 Å². The summed E-state index contributed by atoms with van der Waals surface area (Å²) in [5.41, 5.74) is 0.319. The third kappa shape index (κ3) is 6.14. The number of urea groups is 1. The smallest absolute Gasteiger partial charge is 0.339 e. The van der Waals surface area contributed by atoms with E-state index in [4.69, 9.17) is 4.74 Å². The molecule has 0 bridgehead atoms. The van der Waals surface area contributed by atoms with Crippen LogP contribution in [-0.2, 0) is 19.6 Å². The van der Waals surface area contributed by atoms with E-state index in [1.165, 1.54) is 28.6 Å². The van der Waals surface area contributed by atoms with Gasteiger partial charge in [-0.2, -0.15) is 4.31 Å². The molecule has 9 nitrogen and oxygen atoms in total. The lowest BCUT2D eigenvalue weighted by Gasteiger charge is -2.19. The number of hydrogen-bond acceptors (Lipinski definition) is 6. The maximum atomic E-state index is 12.8. The van der Waals surface area contributed by atoms with Crippen LogP contribution in [0.2, 0.25) is 0 Å². The summed E-state index contributed by atoms with van der Waals surface area (Å²) in [7, 11) is -3.78. The van der Waals surface area contributed by atoms with Gasteiger partial charge in [0.1, 0.15) is 0 Å². The van der Waals surface area contributed by atoms with E-state index in [0.29, 0.717) is 12.1 Å². The number of carbonyl (C=O) groups excluding carboxylic acids is 3. The number of benzene rings is 2. The largest absolute Gasteiger partial charge is 0.444 e. The Kier molecular flexibility index (Phi) is 8.91. The molecule has 1 atom stereocenters. The van der Waals surface area contributed by atoms with Crippen molar-refractivity contribution in [2.75, 3.05) is 19.6 Å². The number of rotatable bonds is 9. The Balaban J connectivity index is 2.32. The molecule has 0 saturated carbocycles. The van der Waals surface area contributed by atoms with Crippen LogP contribution in [0.3, 0.4) is 0 Å². The Morgan fingerprint density at radius 2 is 1.62 bits per heavy atom. The number of amides is 3. The normalized spacial score (nSPS) is 12.1. The quantitative estimate of drug-likeness (QED) is 0.553. The maximum absolute atomic E-state index is 12.8. The van der Waals surface area contributed by atoms with Crippen molar-refractivity contribution < 1.29 is 27.5 Å². The number of hydrogen-bond donors (Lipinski definition) is 2. The van der Waals surface area contributed by atoms with Gasteiger partial charge in [0.2, 0.25) is 16.1 Å². The van der Waals surface area contributed by atoms with Crippen LogP contribution < -0.4 is 10.6 Å². The van der Waals surface area contributed by atoms with Crippen molar-refractivity contribution in [1.82, 2.24) is 14.9 Å². The Labute approximate surface area is 187 Å². The molecule has 0 saturated heterocycles. The van der Waals surface area contributed by atoms with E-state index in [-0.39, 0.29) is 23.5 Å². The minimum absolute atomic E-state index is 0.0371. The summed E-state index contributed by atoms with van der Waals surface area (Å²) in [6.07, 6.45) is -1.41. The predicted octanol–water partition coefficient (Wildman–Crippen LogP) is 2.46. The van der Waals surface area contributed by atoms with E-state index in [9.17, 15) is 22.8 Å². The van der Waals surface area contributed by atoms with E-state index in [0.717, 1.165) is 0 Å². The summed E-state index contributed by atoms with van der Waals surface area (Å²) in [6, 6.07) is 12.9. The molecule has 32 heavy (non-hydrogen) atoms. The van der Waals surface area contributed by atoms with E-state index in [1.54, 1.807) is 51.1 Å². The summed E-state index contributed by atoms with van der Waals surface area (Å²) >= 11 is 0. The number of sulfonamides is 1. The molecule has 0 fully saturated rings. The lowest BCUT2D eigenvalue weighted by atomic mass is 10.1. The summed E-state index contributed by atoms with van der Waals surface area (Å²) in [5, 5.41) is 4.56. The van der Waals surface area contributed by atoms with Gasteiger partial charge in [-0.1, -0.05) is 50.2 Å². The average Bonchev–Trinajstić information content (AvgIpc) is 2.78. The minimum Gasteiger partial charge on any atom is -0.444 e. The highest BCUT2D eigenvalue weighted by Gasteiger charge is 2.28. The van der Waals surface area contributed by atoms with Crippen LogP contribution in [0.5, 0.6) is 0 Å². The molecule has 0 aliphatic heterocycles. The molecule has 172 valence electrons. The first-order chi connectivity index (χ1) is 15.2. The molecular formula is C22H27N3O6S. The Morgan fingerprint density at radius 3 is 2.22 bits per heavy atom. The molecule has 0 aliphatic rings. The Morgan fingerprint density at radius 1 is 0.969 bits per heavy atom. The van der Waals surface area contributed by atoms with Crippen LogP contribution in [-0.4, -0.2) is 50.3 Å². The SMILES string of the molecule is CCNC(=O)NC(=O)C(OC(=O)c1cccc(S(=O)(=O)N(CC)CC)c1)c1ccccc1. The minimum atomic E-state index is -3.78. The van der Waals surface area contributed by atoms with Crippen LogP contribution >= 0.6 is 0 Å². The van der Waals surface area contributed by atoms with Crippen molar-refractivity contribution in [3.05, 3.63) is 65.7 Å². The van der Waals surface area contributed by atoms with Crippen LogP contribution in [0.1, 0.15) is 42.8 Å². The molecule has 2 N–H and O–H groups in total. The molecule has 0 radical (unpaired) electrons. The molecule has 1 unspecified atom stereocenters. The molecule has 10 heteroatoms. The van der Waals surface area contributed by atoms with Gasteiger partial charge in [0.15, 0.2) is 0 Å². The van der Waals surface area contributed by atoms with E-state index in [1.807, 2.05) is 0 Å². The molecule has 2 rings (SSSR count). The monoisotopic (exact) mass is 461 g/mol. The summed E-state index contributed by atoms with van der Waals surface area (Å²) in [4.78, 5) is 37.2. The summed E-state index contributed by atoms with van der Waals surface area (Å²) in [6.45, 7) is 6.00. The molecule has 0 spiro atoms. The van der Waals surface area contributed by atoms with Crippen LogP contribution in [0, 0.1) is 0 Å².